The van der Waals surface area contributed by atoms with Gasteiger partial charge in [-0.15, -0.1) is 11.3 Å². The van der Waals surface area contributed by atoms with Gasteiger partial charge in [-0.3, -0.25) is 19.6 Å². The molecule has 62 heavy (non-hydrogen) atoms. The fraction of sp³-hybridized carbons (Fsp3) is 0.489. The molecule has 3 aliphatic rings. The van der Waals surface area contributed by atoms with Gasteiger partial charge in [-0.05, 0) is 99.8 Å². The van der Waals surface area contributed by atoms with Gasteiger partial charge in [-0.1, -0.05) is 39.8 Å². The number of anilines is 4. The van der Waals surface area contributed by atoms with Crippen LogP contribution < -0.4 is 20.3 Å². The van der Waals surface area contributed by atoms with E-state index >= 15 is 4.39 Å². The third kappa shape index (κ3) is 10.4. The van der Waals surface area contributed by atoms with Gasteiger partial charge in [-0.2, -0.15) is 5.10 Å². The molecule has 4 aromatic heterocycles. The highest BCUT2D eigenvalue weighted by molar-refractivity contribution is 7.86. The number of pyridine rings is 1. The van der Waals surface area contributed by atoms with Gasteiger partial charge in [0.1, 0.15) is 16.8 Å². The van der Waals surface area contributed by atoms with Crippen LogP contribution in [0.2, 0.25) is 0 Å². The van der Waals surface area contributed by atoms with E-state index in [9.17, 15) is 13.8 Å². The third-order valence-electron chi connectivity index (χ3n) is 11.9. The summed E-state index contributed by atoms with van der Waals surface area (Å²) in [7, 11) is -1.39. The number of piperidine rings is 2. The summed E-state index contributed by atoms with van der Waals surface area (Å²) < 4.78 is 33.3. The molecule has 0 aliphatic carbocycles. The highest BCUT2D eigenvalue weighted by atomic mass is 32.2. The molecule has 3 atom stereocenters. The predicted octanol–water partition coefficient (Wildman–Crippen LogP) is 7.67. The van der Waals surface area contributed by atoms with Crippen LogP contribution in [0, 0.1) is 17.7 Å². The molecule has 2 amide bonds. The third-order valence-corrected chi connectivity index (χ3v) is 14.7. The molecule has 328 valence electrons. The van der Waals surface area contributed by atoms with Gasteiger partial charge in [0.25, 0.3) is 0 Å². The van der Waals surface area contributed by atoms with E-state index in [4.69, 9.17) is 15.0 Å². The number of nitrogens with one attached hydrogen (secondary N) is 3. The molecule has 8 rings (SSSR count). The monoisotopic (exact) mass is 881 g/mol. The van der Waals surface area contributed by atoms with Crippen molar-refractivity contribution in [1.82, 2.24) is 39.9 Å². The quantitative estimate of drug-likeness (QED) is 0.0885. The molecule has 3 fully saturated rings. The molecule has 0 bridgehead atoms. The Morgan fingerprint density at radius 1 is 0.984 bits per heavy atom. The van der Waals surface area contributed by atoms with Crippen LogP contribution in [0.1, 0.15) is 89.1 Å². The largest absolute Gasteiger partial charge is 0.356 e. The van der Waals surface area contributed by atoms with E-state index in [1.54, 1.807) is 36.8 Å². The van der Waals surface area contributed by atoms with Crippen molar-refractivity contribution in [2.75, 3.05) is 53.4 Å². The summed E-state index contributed by atoms with van der Waals surface area (Å²) in [6, 6.07) is 10.9. The first-order valence-electron chi connectivity index (χ1n) is 21.7. The summed E-state index contributed by atoms with van der Waals surface area (Å²) in [5.41, 5.74) is 2.99. The van der Waals surface area contributed by atoms with Gasteiger partial charge >= 0.3 is 0 Å². The minimum absolute atomic E-state index is 0.180. The standard InChI is InChI=1S/C45H56FN11O3S2/c1-5-23-62(60)54-35-8-6-7-34(39(35)46)40-41(61-43(53-40)45(2,3)4)36-13-18-47-44(51-36)50-32-25-49-57(28-32)27-30-15-20-55(21-16-30)19-14-29-17-22-56(26-29)37-11-9-31(24-48-37)33-10-12-38(58)52-42(33)59/h6-9,11,13,18,24-25,28-30,33,54H,5,10,12,14-17,19-23,26-27H2,1-4H3,(H,47,50,51)(H,52,58,59). The maximum Gasteiger partial charge on any atom is 0.234 e. The first kappa shape index (κ1) is 43.5. The number of imide groups is 1. The van der Waals surface area contributed by atoms with Crippen LogP contribution in [0.15, 0.2) is 61.2 Å². The van der Waals surface area contributed by atoms with Gasteiger partial charge < -0.3 is 19.8 Å². The van der Waals surface area contributed by atoms with Crippen LogP contribution in [-0.2, 0) is 32.5 Å². The van der Waals surface area contributed by atoms with Gasteiger partial charge in [0, 0.05) is 61.4 Å². The van der Waals surface area contributed by atoms with Crippen molar-refractivity contribution in [3.8, 4) is 21.8 Å². The topological polar surface area (TPSA) is 163 Å². The average molecular weight is 882 g/mol. The highest BCUT2D eigenvalue weighted by Crippen LogP contribution is 2.42. The zero-order valence-electron chi connectivity index (χ0n) is 35.9. The molecule has 3 saturated heterocycles. The molecule has 3 aliphatic heterocycles. The van der Waals surface area contributed by atoms with Crippen molar-refractivity contribution in [2.45, 2.75) is 90.5 Å². The lowest BCUT2D eigenvalue weighted by molar-refractivity contribution is -0.134. The Bertz CT molecular complexity index is 2390. The molecule has 0 saturated carbocycles. The number of hydrogen-bond donors (Lipinski definition) is 3. The van der Waals surface area contributed by atoms with E-state index in [1.807, 2.05) is 36.0 Å². The lowest BCUT2D eigenvalue weighted by atomic mass is 9.92. The van der Waals surface area contributed by atoms with Crippen LogP contribution in [0.3, 0.4) is 0 Å². The number of amides is 2. The summed E-state index contributed by atoms with van der Waals surface area (Å²) >= 11 is 1.49. The minimum atomic E-state index is -1.39. The van der Waals surface area contributed by atoms with Crippen molar-refractivity contribution in [3.05, 3.63) is 77.6 Å². The second kappa shape index (κ2) is 19.1. The summed E-state index contributed by atoms with van der Waals surface area (Å²) in [6.45, 7) is 14.3. The Morgan fingerprint density at radius 3 is 2.56 bits per heavy atom. The Balaban J connectivity index is 0.826. The molecule has 7 heterocycles. The normalized spacial score (nSPS) is 19.5. The van der Waals surface area contributed by atoms with E-state index < -0.39 is 16.8 Å². The second-order valence-electron chi connectivity index (χ2n) is 17.7. The molecule has 14 nitrogen and oxygen atoms in total. The molecular weight excluding hydrogens is 826 g/mol. The van der Waals surface area contributed by atoms with Gasteiger partial charge in [0.15, 0.2) is 5.82 Å². The SMILES string of the molecule is CCCS(=O)Nc1cccc(-c2nc(C(C)(C)C)sc2-c2ccnc(Nc3cnn(CC4CCN(CCC5CCN(c6ccc(C7CCC(=O)NC7=O)cn6)C5)CC4)c3)n2)c1F. The van der Waals surface area contributed by atoms with Crippen molar-refractivity contribution in [2.24, 2.45) is 11.8 Å². The van der Waals surface area contributed by atoms with Crippen LogP contribution in [0.4, 0.5) is 27.5 Å². The highest BCUT2D eigenvalue weighted by Gasteiger charge is 2.30. The summed E-state index contributed by atoms with van der Waals surface area (Å²) in [5.74, 6) is 1.71. The number of thiazole rings is 1. The maximum absolute atomic E-state index is 16.0. The molecule has 0 spiro atoms. The van der Waals surface area contributed by atoms with Gasteiger partial charge in [-0.25, -0.2) is 28.5 Å². The van der Waals surface area contributed by atoms with Crippen molar-refractivity contribution in [3.63, 3.8) is 0 Å². The van der Waals surface area contributed by atoms with E-state index in [-0.39, 0.29) is 28.8 Å². The van der Waals surface area contributed by atoms with Crippen molar-refractivity contribution >= 4 is 57.3 Å². The van der Waals surface area contributed by atoms with Crippen LogP contribution in [0.5, 0.6) is 0 Å². The maximum atomic E-state index is 16.0. The van der Waals surface area contributed by atoms with E-state index in [1.165, 1.54) is 17.8 Å². The summed E-state index contributed by atoms with van der Waals surface area (Å²) in [6.07, 6.45) is 13.5. The Morgan fingerprint density at radius 2 is 1.81 bits per heavy atom. The second-order valence-corrected chi connectivity index (χ2v) is 20.0. The lowest BCUT2D eigenvalue weighted by Crippen LogP contribution is -2.39. The van der Waals surface area contributed by atoms with Crippen molar-refractivity contribution < 1.29 is 18.2 Å². The number of carbonyl (C=O) groups excluding carboxylic acids is 2. The number of aromatic nitrogens is 6. The molecule has 5 aromatic rings. The molecule has 3 N–H and O–H groups in total. The summed E-state index contributed by atoms with van der Waals surface area (Å²) in [5, 5.41) is 11.3. The predicted molar refractivity (Wildman–Crippen MR) is 243 cm³/mol. The first-order valence-corrected chi connectivity index (χ1v) is 23.9. The molecule has 17 heteroatoms. The van der Waals surface area contributed by atoms with E-state index in [0.717, 1.165) is 91.9 Å². The minimum Gasteiger partial charge on any atom is -0.356 e. The number of hydrogen-bond acceptors (Lipinski definition) is 12. The Kier molecular flexibility index (Phi) is 13.4. The number of likely N-dealkylation sites (tertiary alicyclic amines) is 1. The fourth-order valence-corrected chi connectivity index (χ4v) is 10.4. The molecule has 3 unspecified atom stereocenters. The van der Waals surface area contributed by atoms with Crippen LogP contribution in [-0.4, -0.2) is 89.1 Å². The number of halogens is 1. The number of benzene rings is 1. The summed E-state index contributed by atoms with van der Waals surface area (Å²) in [4.78, 5) is 48.5. The Labute approximate surface area is 369 Å². The molecule has 0 radical (unpaired) electrons. The van der Waals surface area contributed by atoms with Crippen LogP contribution in [0.25, 0.3) is 21.8 Å². The zero-order valence-corrected chi connectivity index (χ0v) is 37.5. The van der Waals surface area contributed by atoms with Crippen molar-refractivity contribution in [1.29, 1.82) is 0 Å². The van der Waals surface area contributed by atoms with E-state index in [0.29, 0.717) is 53.3 Å². The lowest BCUT2D eigenvalue weighted by Gasteiger charge is -2.32. The van der Waals surface area contributed by atoms with Crippen LogP contribution >= 0.6 is 11.3 Å². The van der Waals surface area contributed by atoms with Gasteiger partial charge in [0.2, 0.25) is 17.8 Å². The first-order chi connectivity index (χ1) is 29.9. The van der Waals surface area contributed by atoms with Gasteiger partial charge in [0.05, 0.1) is 44.8 Å². The Hall–Kier alpha value is -5.13. The molecule has 1 aromatic carbocycles. The number of carbonyl (C=O) groups is 2. The average Bonchev–Trinajstić information content (AvgIpc) is 4.03. The fourth-order valence-electron chi connectivity index (χ4n) is 8.45. The number of rotatable bonds is 15. The molecular formula is C45H56FN11O3S2. The smallest absolute Gasteiger partial charge is 0.234 e. The van der Waals surface area contributed by atoms with E-state index in [2.05, 4.69) is 56.0 Å². The zero-order chi connectivity index (χ0) is 43.4. The number of nitrogens with zero attached hydrogens (tertiary/aromatic N) is 8.